The monoisotopic (exact) mass is 227 g/mol. The minimum Gasteiger partial charge on any atom is -0.391 e. The Morgan fingerprint density at radius 2 is 2.00 bits per heavy atom. The van der Waals surface area contributed by atoms with Crippen LogP contribution in [0.5, 0.6) is 0 Å². The first kappa shape index (κ1) is 14.0. The molecule has 0 aromatic rings. The highest BCUT2D eigenvalue weighted by molar-refractivity contribution is 4.98. The highest BCUT2D eigenvalue weighted by Gasteiger charge is 2.42. The van der Waals surface area contributed by atoms with Crippen molar-refractivity contribution in [1.82, 2.24) is 4.90 Å². The molecule has 2 nitrogen and oxygen atoms in total. The Morgan fingerprint density at radius 1 is 1.38 bits per heavy atom. The van der Waals surface area contributed by atoms with E-state index >= 15 is 0 Å². The number of likely N-dealkylation sites (N-methyl/N-ethyl adjacent to an activating group) is 1. The predicted molar refractivity (Wildman–Crippen MR) is 69.5 cm³/mol. The van der Waals surface area contributed by atoms with E-state index in [1.165, 1.54) is 12.8 Å². The van der Waals surface area contributed by atoms with Crippen LogP contribution in [0.3, 0.4) is 0 Å². The van der Waals surface area contributed by atoms with Crippen molar-refractivity contribution >= 4 is 0 Å². The maximum atomic E-state index is 10.5. The second kappa shape index (κ2) is 5.50. The van der Waals surface area contributed by atoms with Crippen molar-refractivity contribution in [2.45, 2.75) is 64.5 Å². The lowest BCUT2D eigenvalue weighted by Gasteiger charge is -2.48. The van der Waals surface area contributed by atoms with Gasteiger partial charge in [-0.05, 0) is 45.2 Å². The Balaban J connectivity index is 2.78. The van der Waals surface area contributed by atoms with Crippen molar-refractivity contribution < 1.29 is 5.11 Å². The van der Waals surface area contributed by atoms with E-state index in [1.54, 1.807) is 0 Å². The largest absolute Gasteiger partial charge is 0.391 e. The molecule has 1 fully saturated rings. The van der Waals surface area contributed by atoms with Gasteiger partial charge in [-0.25, -0.2) is 0 Å². The minimum absolute atomic E-state index is 0.0297. The summed E-state index contributed by atoms with van der Waals surface area (Å²) in [5, 5.41) is 10.5. The van der Waals surface area contributed by atoms with Crippen LogP contribution in [0.1, 0.15) is 52.9 Å². The molecule has 0 heterocycles. The first-order valence-corrected chi connectivity index (χ1v) is 6.74. The summed E-state index contributed by atoms with van der Waals surface area (Å²) >= 11 is 0. The zero-order valence-corrected chi connectivity index (χ0v) is 11.7. The first-order valence-electron chi connectivity index (χ1n) is 6.74. The number of hydrogen-bond acceptors (Lipinski definition) is 2. The summed E-state index contributed by atoms with van der Waals surface area (Å²) in [6.07, 6.45) is 5.63. The number of rotatable bonds is 4. The van der Waals surface area contributed by atoms with Crippen LogP contribution in [0.25, 0.3) is 0 Å². The Bertz CT molecular complexity index is 215. The van der Waals surface area contributed by atoms with Gasteiger partial charge in [0, 0.05) is 5.54 Å². The number of hydrogen-bond donors (Lipinski definition) is 1. The predicted octanol–water partition coefficient (Wildman–Crippen LogP) is 2.90. The van der Waals surface area contributed by atoms with E-state index in [0.29, 0.717) is 5.92 Å². The van der Waals surface area contributed by atoms with Crippen molar-refractivity contribution in [3.05, 3.63) is 0 Å². The van der Waals surface area contributed by atoms with Crippen molar-refractivity contribution in [3.8, 4) is 0 Å². The second-order valence-corrected chi connectivity index (χ2v) is 6.34. The van der Waals surface area contributed by atoms with Gasteiger partial charge in [0.2, 0.25) is 0 Å². The average Bonchev–Trinajstić information content (AvgIpc) is 2.16. The van der Waals surface area contributed by atoms with Crippen LogP contribution in [0.2, 0.25) is 0 Å². The molecule has 0 aromatic carbocycles. The Morgan fingerprint density at radius 3 is 2.44 bits per heavy atom. The molecule has 1 N–H and O–H groups in total. The van der Waals surface area contributed by atoms with E-state index < -0.39 is 0 Å². The van der Waals surface area contributed by atoms with Gasteiger partial charge in [0.1, 0.15) is 0 Å². The SMILES string of the molecule is CC(C)CC(O)C1(N(C)C)CCCC(C)C1. The van der Waals surface area contributed by atoms with Gasteiger partial charge in [-0.15, -0.1) is 0 Å². The van der Waals surface area contributed by atoms with E-state index in [4.69, 9.17) is 0 Å². The Labute approximate surface area is 101 Å². The topological polar surface area (TPSA) is 23.5 Å². The third kappa shape index (κ3) is 2.98. The normalized spacial score (nSPS) is 33.4. The summed E-state index contributed by atoms with van der Waals surface area (Å²) in [6.45, 7) is 6.71. The third-order valence-electron chi connectivity index (χ3n) is 4.21. The van der Waals surface area contributed by atoms with Gasteiger partial charge in [0.25, 0.3) is 0 Å². The fraction of sp³-hybridized carbons (Fsp3) is 1.00. The van der Waals surface area contributed by atoms with Crippen molar-refractivity contribution in [2.75, 3.05) is 14.1 Å². The molecule has 3 atom stereocenters. The van der Waals surface area contributed by atoms with Crippen molar-refractivity contribution in [1.29, 1.82) is 0 Å². The summed E-state index contributed by atoms with van der Waals surface area (Å²) in [5.41, 5.74) is 0.0297. The number of aliphatic hydroxyl groups is 1. The van der Waals surface area contributed by atoms with Gasteiger partial charge in [0.05, 0.1) is 6.10 Å². The molecule has 1 aliphatic carbocycles. The van der Waals surface area contributed by atoms with Crippen LogP contribution >= 0.6 is 0 Å². The number of aliphatic hydroxyl groups excluding tert-OH is 1. The molecule has 0 aliphatic heterocycles. The van der Waals surface area contributed by atoms with E-state index in [9.17, 15) is 5.11 Å². The highest BCUT2D eigenvalue weighted by atomic mass is 16.3. The van der Waals surface area contributed by atoms with Crippen LogP contribution < -0.4 is 0 Å². The van der Waals surface area contributed by atoms with Crippen molar-refractivity contribution in [2.24, 2.45) is 11.8 Å². The zero-order chi connectivity index (χ0) is 12.3. The zero-order valence-electron chi connectivity index (χ0n) is 11.7. The maximum Gasteiger partial charge on any atom is 0.0726 e. The molecule has 0 bridgehead atoms. The quantitative estimate of drug-likeness (QED) is 0.798. The van der Waals surface area contributed by atoms with Gasteiger partial charge < -0.3 is 10.0 Å². The van der Waals surface area contributed by atoms with Gasteiger partial charge in [-0.1, -0.05) is 33.6 Å². The first-order chi connectivity index (χ1) is 7.38. The lowest BCUT2D eigenvalue weighted by atomic mass is 9.71. The summed E-state index contributed by atoms with van der Waals surface area (Å²) in [5.74, 6) is 1.32. The molecule has 1 aliphatic rings. The molecule has 0 aromatic heterocycles. The molecule has 1 saturated carbocycles. The van der Waals surface area contributed by atoms with Gasteiger partial charge >= 0.3 is 0 Å². The minimum atomic E-state index is -0.176. The van der Waals surface area contributed by atoms with Crippen LogP contribution in [-0.2, 0) is 0 Å². The molecule has 0 saturated heterocycles. The molecule has 96 valence electrons. The molecule has 2 heteroatoms. The lowest BCUT2D eigenvalue weighted by Crippen LogP contribution is -2.56. The second-order valence-electron chi connectivity index (χ2n) is 6.34. The summed E-state index contributed by atoms with van der Waals surface area (Å²) in [7, 11) is 4.25. The van der Waals surface area contributed by atoms with Crippen molar-refractivity contribution in [3.63, 3.8) is 0 Å². The van der Waals surface area contributed by atoms with Crippen LogP contribution in [0, 0.1) is 11.8 Å². The third-order valence-corrected chi connectivity index (χ3v) is 4.21. The van der Waals surface area contributed by atoms with E-state index in [1.807, 2.05) is 0 Å². The van der Waals surface area contributed by atoms with Gasteiger partial charge in [0.15, 0.2) is 0 Å². The maximum absolute atomic E-state index is 10.5. The fourth-order valence-electron chi connectivity index (χ4n) is 3.24. The average molecular weight is 227 g/mol. The van der Waals surface area contributed by atoms with E-state index in [0.717, 1.165) is 25.2 Å². The fourth-order valence-corrected chi connectivity index (χ4v) is 3.24. The van der Waals surface area contributed by atoms with Crippen LogP contribution in [0.15, 0.2) is 0 Å². The molecule has 0 amide bonds. The molecule has 16 heavy (non-hydrogen) atoms. The van der Waals surface area contributed by atoms with Crippen LogP contribution in [-0.4, -0.2) is 35.7 Å². The molecule has 3 unspecified atom stereocenters. The Kier molecular flexibility index (Phi) is 4.81. The molecular weight excluding hydrogens is 198 g/mol. The molecular formula is C14H29NO. The van der Waals surface area contributed by atoms with Gasteiger partial charge in [-0.2, -0.15) is 0 Å². The summed E-state index contributed by atoms with van der Waals surface area (Å²) < 4.78 is 0. The Hall–Kier alpha value is -0.0800. The molecule has 1 rings (SSSR count). The summed E-state index contributed by atoms with van der Waals surface area (Å²) in [6, 6.07) is 0. The molecule has 0 spiro atoms. The number of nitrogens with zero attached hydrogens (tertiary/aromatic N) is 1. The standard InChI is InChI=1S/C14H29NO/c1-11(2)9-13(16)14(15(4)5)8-6-7-12(3)10-14/h11-13,16H,6-10H2,1-5H3. The smallest absolute Gasteiger partial charge is 0.0726 e. The highest BCUT2D eigenvalue weighted by Crippen LogP contribution is 2.39. The van der Waals surface area contributed by atoms with Gasteiger partial charge in [-0.3, -0.25) is 0 Å². The van der Waals surface area contributed by atoms with E-state index in [2.05, 4.69) is 39.8 Å². The lowest BCUT2D eigenvalue weighted by molar-refractivity contribution is -0.0516. The van der Waals surface area contributed by atoms with Crippen LogP contribution in [0.4, 0.5) is 0 Å². The molecule has 0 radical (unpaired) electrons. The summed E-state index contributed by atoms with van der Waals surface area (Å²) in [4.78, 5) is 2.27. The van der Waals surface area contributed by atoms with E-state index in [-0.39, 0.29) is 11.6 Å².